The summed E-state index contributed by atoms with van der Waals surface area (Å²) in [7, 11) is 2.06. The quantitative estimate of drug-likeness (QED) is 0.474. The van der Waals surface area contributed by atoms with Gasteiger partial charge in [0.1, 0.15) is 23.6 Å². The molecule has 2 aromatic carbocycles. The van der Waals surface area contributed by atoms with Crippen molar-refractivity contribution in [2.24, 2.45) is 0 Å². The fourth-order valence-electron chi connectivity index (χ4n) is 4.89. The number of benzene rings is 2. The van der Waals surface area contributed by atoms with E-state index in [-0.39, 0.29) is 6.10 Å². The fraction of sp³-hybridized carbons (Fsp3) is 0.286. The Bertz CT molecular complexity index is 1390. The Morgan fingerprint density at radius 3 is 2.54 bits per heavy atom. The van der Waals surface area contributed by atoms with Crippen molar-refractivity contribution in [1.82, 2.24) is 14.9 Å². The number of aromatic amines is 1. The second-order valence-corrected chi connectivity index (χ2v) is 9.23. The predicted octanol–water partition coefficient (Wildman–Crippen LogP) is 4.30. The van der Waals surface area contributed by atoms with Crippen molar-refractivity contribution >= 4 is 16.7 Å². The molecule has 0 spiro atoms. The Morgan fingerprint density at radius 1 is 1.03 bits per heavy atom. The Hall–Kier alpha value is -3.86. The Balaban J connectivity index is 1.29. The molecule has 2 aliphatic rings. The van der Waals surface area contributed by atoms with E-state index >= 15 is 0 Å². The molecule has 176 valence electrons. The van der Waals surface area contributed by atoms with E-state index in [9.17, 15) is 5.26 Å². The van der Waals surface area contributed by atoms with E-state index in [1.165, 1.54) is 5.69 Å². The zero-order chi connectivity index (χ0) is 23.8. The summed E-state index contributed by atoms with van der Waals surface area (Å²) >= 11 is 0. The lowest BCUT2D eigenvalue weighted by Crippen LogP contribution is -2.51. The number of ether oxygens (including phenoxy) is 2. The summed E-state index contributed by atoms with van der Waals surface area (Å²) in [5.74, 6) is 0.648. The maximum Gasteiger partial charge on any atom is 0.138 e. The highest BCUT2D eigenvalue weighted by molar-refractivity contribution is 5.96. The molecule has 2 aromatic heterocycles. The van der Waals surface area contributed by atoms with Gasteiger partial charge in [-0.25, -0.2) is 4.98 Å². The van der Waals surface area contributed by atoms with Gasteiger partial charge in [0.05, 0.1) is 18.8 Å². The molecule has 0 amide bonds. The van der Waals surface area contributed by atoms with E-state index in [1.54, 1.807) is 6.20 Å². The summed E-state index contributed by atoms with van der Waals surface area (Å²) in [4.78, 5) is 12.6. The van der Waals surface area contributed by atoms with Crippen LogP contribution in [0.4, 0.5) is 5.69 Å². The molecule has 7 heteroatoms. The van der Waals surface area contributed by atoms with Gasteiger partial charge in [0.15, 0.2) is 0 Å². The van der Waals surface area contributed by atoms with E-state index in [1.807, 2.05) is 24.3 Å². The minimum absolute atomic E-state index is 0.146. The van der Waals surface area contributed by atoms with E-state index in [0.717, 1.165) is 72.8 Å². The smallest absolute Gasteiger partial charge is 0.138 e. The van der Waals surface area contributed by atoms with Crippen molar-refractivity contribution in [1.29, 1.82) is 5.26 Å². The largest absolute Gasteiger partial charge is 0.486 e. The number of likely N-dealkylation sites (N-methyl/N-ethyl adjacent to an activating group) is 1. The monoisotopic (exact) mass is 465 g/mol. The van der Waals surface area contributed by atoms with Gasteiger partial charge >= 0.3 is 0 Å². The first-order valence-electron chi connectivity index (χ1n) is 12.0. The highest BCUT2D eigenvalue weighted by Gasteiger charge is 2.26. The van der Waals surface area contributed by atoms with E-state index < -0.39 is 0 Å². The van der Waals surface area contributed by atoms with Gasteiger partial charge in [-0.15, -0.1) is 0 Å². The first kappa shape index (κ1) is 21.7. The van der Waals surface area contributed by atoms with Crippen molar-refractivity contribution in [3.8, 4) is 34.2 Å². The van der Waals surface area contributed by atoms with Gasteiger partial charge in [-0.1, -0.05) is 18.2 Å². The molecule has 1 N–H and O–H groups in total. The number of likely N-dealkylation sites (tertiary alicyclic amines) is 1. The van der Waals surface area contributed by atoms with Crippen LogP contribution in [0.5, 0.6) is 5.75 Å². The Morgan fingerprint density at radius 2 is 1.80 bits per heavy atom. The molecule has 0 saturated carbocycles. The van der Waals surface area contributed by atoms with Crippen LogP contribution in [-0.4, -0.2) is 67.4 Å². The van der Waals surface area contributed by atoms with E-state index in [4.69, 9.17) is 9.47 Å². The molecule has 0 aliphatic carbocycles. The summed E-state index contributed by atoms with van der Waals surface area (Å²) in [5.41, 5.74) is 6.73. The third kappa shape index (κ3) is 4.23. The topological polar surface area (TPSA) is 77.4 Å². The van der Waals surface area contributed by atoms with E-state index in [0.29, 0.717) is 11.3 Å². The van der Waals surface area contributed by atoms with Crippen LogP contribution < -0.4 is 9.64 Å². The molecule has 2 aliphatic heterocycles. The number of fused-ring (bicyclic) bond motifs is 1. The van der Waals surface area contributed by atoms with Crippen LogP contribution in [0.25, 0.3) is 33.4 Å². The van der Waals surface area contributed by atoms with Crippen LogP contribution in [0.2, 0.25) is 0 Å². The number of hydrogen-bond acceptors (Lipinski definition) is 6. The average molecular weight is 466 g/mol. The summed E-state index contributed by atoms with van der Waals surface area (Å²) in [6, 6.07) is 20.9. The van der Waals surface area contributed by atoms with Crippen LogP contribution in [-0.2, 0) is 4.74 Å². The standard InChI is InChI=1S/C28H27N5O2/c1-32-17-23(18-32)35-27-7-4-20(14-21(27)16-29)24-8-9-30-28-25(24)15-26(31-28)19-2-5-22(6-3-19)33-10-12-34-13-11-33/h2-9,14-15,23H,10-13,17-18H2,1H3,(H,30,31). The average Bonchev–Trinajstić information content (AvgIpc) is 3.33. The fourth-order valence-corrected chi connectivity index (χ4v) is 4.89. The number of pyridine rings is 1. The summed E-state index contributed by atoms with van der Waals surface area (Å²) in [5, 5.41) is 10.8. The highest BCUT2D eigenvalue weighted by atomic mass is 16.5. The highest BCUT2D eigenvalue weighted by Crippen LogP contribution is 2.34. The lowest BCUT2D eigenvalue weighted by molar-refractivity contribution is 0.0386. The van der Waals surface area contributed by atoms with Crippen LogP contribution in [0.1, 0.15) is 5.56 Å². The molecule has 4 heterocycles. The Labute approximate surface area is 204 Å². The molecule has 0 atom stereocenters. The number of hydrogen-bond donors (Lipinski definition) is 1. The van der Waals surface area contributed by atoms with Gasteiger partial charge in [-0.3, -0.25) is 4.90 Å². The predicted molar refractivity (Wildman–Crippen MR) is 137 cm³/mol. The number of H-pyrrole nitrogens is 1. The summed E-state index contributed by atoms with van der Waals surface area (Å²) in [6.45, 7) is 5.16. The Kier molecular flexibility index (Phi) is 5.61. The molecule has 2 saturated heterocycles. The van der Waals surface area contributed by atoms with Gasteiger partial charge in [0.25, 0.3) is 0 Å². The molecule has 7 nitrogen and oxygen atoms in total. The van der Waals surface area contributed by atoms with Crippen molar-refractivity contribution in [2.45, 2.75) is 6.10 Å². The minimum Gasteiger partial charge on any atom is -0.486 e. The van der Waals surface area contributed by atoms with E-state index in [2.05, 4.69) is 63.2 Å². The number of nitrogens with zero attached hydrogens (tertiary/aromatic N) is 4. The number of nitrogens with one attached hydrogen (secondary N) is 1. The molecule has 6 rings (SSSR count). The zero-order valence-electron chi connectivity index (χ0n) is 19.7. The number of rotatable bonds is 5. The van der Waals surface area contributed by atoms with Crippen molar-refractivity contribution < 1.29 is 9.47 Å². The lowest BCUT2D eigenvalue weighted by Gasteiger charge is -2.36. The maximum absolute atomic E-state index is 9.76. The zero-order valence-corrected chi connectivity index (χ0v) is 19.7. The first-order valence-corrected chi connectivity index (χ1v) is 12.0. The minimum atomic E-state index is 0.146. The number of aromatic nitrogens is 2. The van der Waals surface area contributed by atoms with Gasteiger partial charge in [0, 0.05) is 49.1 Å². The lowest BCUT2D eigenvalue weighted by atomic mass is 10.0. The van der Waals surface area contributed by atoms with Gasteiger partial charge in [-0.05, 0) is 60.1 Å². The van der Waals surface area contributed by atoms with Crippen LogP contribution in [0.15, 0.2) is 60.8 Å². The molecule has 35 heavy (non-hydrogen) atoms. The molecule has 0 unspecified atom stereocenters. The van der Waals surface area contributed by atoms with Crippen molar-refractivity contribution in [3.63, 3.8) is 0 Å². The van der Waals surface area contributed by atoms with Crippen molar-refractivity contribution in [3.05, 3.63) is 66.4 Å². The number of nitriles is 1. The number of anilines is 1. The van der Waals surface area contributed by atoms with Crippen molar-refractivity contribution in [2.75, 3.05) is 51.3 Å². The van der Waals surface area contributed by atoms with Crippen LogP contribution >= 0.6 is 0 Å². The number of morpholine rings is 1. The second kappa shape index (κ2) is 9.06. The molecule has 0 bridgehead atoms. The molecular formula is C28H27N5O2. The molecular weight excluding hydrogens is 438 g/mol. The van der Waals surface area contributed by atoms with Crippen LogP contribution in [0, 0.1) is 11.3 Å². The summed E-state index contributed by atoms with van der Waals surface area (Å²) in [6.07, 6.45) is 1.95. The molecule has 0 radical (unpaired) electrons. The van der Waals surface area contributed by atoms with Gasteiger partial charge < -0.3 is 19.4 Å². The van der Waals surface area contributed by atoms with Gasteiger partial charge in [-0.2, -0.15) is 5.26 Å². The third-order valence-electron chi connectivity index (χ3n) is 6.82. The maximum atomic E-state index is 9.76. The summed E-state index contributed by atoms with van der Waals surface area (Å²) < 4.78 is 11.5. The van der Waals surface area contributed by atoms with Gasteiger partial charge in [0.2, 0.25) is 0 Å². The second-order valence-electron chi connectivity index (χ2n) is 9.23. The SMILES string of the molecule is CN1CC(Oc2ccc(-c3ccnc4[nH]c(-c5ccc(N6CCOCC6)cc5)cc34)cc2C#N)C1. The third-order valence-corrected chi connectivity index (χ3v) is 6.82. The normalized spacial score (nSPS) is 16.7. The molecule has 2 fully saturated rings. The van der Waals surface area contributed by atoms with Crippen LogP contribution in [0.3, 0.4) is 0 Å². The first-order chi connectivity index (χ1) is 17.2. The molecule has 4 aromatic rings.